The lowest BCUT2D eigenvalue weighted by Crippen LogP contribution is -2.20. The molecule has 0 spiro atoms. The van der Waals surface area contributed by atoms with Crippen LogP contribution in [0.5, 0.6) is 0 Å². The Bertz CT molecular complexity index is 747. The Labute approximate surface area is 131 Å². The molecule has 0 bridgehead atoms. The number of pyridine rings is 1. The molecule has 1 fully saturated rings. The van der Waals surface area contributed by atoms with Crippen LogP contribution in [0.2, 0.25) is 0 Å². The van der Waals surface area contributed by atoms with Crippen LogP contribution in [0.3, 0.4) is 0 Å². The summed E-state index contributed by atoms with van der Waals surface area (Å²) < 4.78 is 0. The zero-order valence-electron chi connectivity index (χ0n) is 12.7. The van der Waals surface area contributed by atoms with Crippen LogP contribution in [0.15, 0.2) is 54.9 Å². The van der Waals surface area contributed by atoms with Crippen LogP contribution in [-0.4, -0.2) is 28.0 Å². The largest absolute Gasteiger partial charge is 0.346 e. The van der Waals surface area contributed by atoms with Crippen LogP contribution in [0.4, 0.5) is 0 Å². The predicted octanol–water partition coefficient (Wildman–Crippen LogP) is 3.63. The van der Waals surface area contributed by atoms with Crippen molar-refractivity contribution in [3.8, 4) is 0 Å². The van der Waals surface area contributed by atoms with E-state index in [-0.39, 0.29) is 0 Å². The van der Waals surface area contributed by atoms with Gasteiger partial charge in [-0.2, -0.15) is 0 Å². The van der Waals surface area contributed by atoms with Gasteiger partial charge in [0.25, 0.3) is 0 Å². The SMILES string of the molecule is c1ccc(CN2CCC(Cc3ccnc4[nH]ccc34)C2)cc1. The molecular weight excluding hydrogens is 270 g/mol. The molecule has 3 nitrogen and oxygen atoms in total. The Morgan fingerprint density at radius 3 is 2.95 bits per heavy atom. The summed E-state index contributed by atoms with van der Waals surface area (Å²) in [4.78, 5) is 10.2. The van der Waals surface area contributed by atoms with E-state index in [2.05, 4.69) is 57.3 Å². The van der Waals surface area contributed by atoms with Crippen molar-refractivity contribution < 1.29 is 0 Å². The lowest BCUT2D eigenvalue weighted by Gasteiger charge is -2.16. The summed E-state index contributed by atoms with van der Waals surface area (Å²) in [6, 6.07) is 15.1. The number of fused-ring (bicyclic) bond motifs is 1. The molecule has 3 heterocycles. The van der Waals surface area contributed by atoms with E-state index < -0.39 is 0 Å². The van der Waals surface area contributed by atoms with Gasteiger partial charge in [0.1, 0.15) is 5.65 Å². The zero-order chi connectivity index (χ0) is 14.8. The molecule has 0 aliphatic carbocycles. The van der Waals surface area contributed by atoms with Gasteiger partial charge in [-0.1, -0.05) is 30.3 Å². The molecule has 1 N–H and O–H groups in total. The third kappa shape index (κ3) is 2.77. The highest BCUT2D eigenvalue weighted by molar-refractivity contribution is 5.79. The second-order valence-electron chi connectivity index (χ2n) is 6.29. The molecule has 1 aliphatic heterocycles. The van der Waals surface area contributed by atoms with Crippen molar-refractivity contribution in [2.45, 2.75) is 19.4 Å². The summed E-state index contributed by atoms with van der Waals surface area (Å²) in [5.41, 5.74) is 3.86. The lowest BCUT2D eigenvalue weighted by atomic mass is 9.97. The smallest absolute Gasteiger partial charge is 0.137 e. The average molecular weight is 291 g/mol. The van der Waals surface area contributed by atoms with Crippen LogP contribution in [-0.2, 0) is 13.0 Å². The molecule has 3 aromatic rings. The van der Waals surface area contributed by atoms with Crippen molar-refractivity contribution in [3.63, 3.8) is 0 Å². The van der Waals surface area contributed by atoms with Crippen molar-refractivity contribution in [2.75, 3.05) is 13.1 Å². The molecule has 3 heteroatoms. The number of aromatic nitrogens is 2. The molecule has 1 saturated heterocycles. The van der Waals surface area contributed by atoms with Crippen molar-refractivity contribution >= 4 is 11.0 Å². The summed E-state index contributed by atoms with van der Waals surface area (Å²) in [5, 5.41) is 1.28. The first-order valence-corrected chi connectivity index (χ1v) is 8.06. The Kier molecular flexibility index (Phi) is 3.65. The quantitative estimate of drug-likeness (QED) is 0.796. The highest BCUT2D eigenvalue weighted by atomic mass is 15.1. The Hall–Kier alpha value is -2.13. The fourth-order valence-corrected chi connectivity index (χ4v) is 3.57. The highest BCUT2D eigenvalue weighted by Crippen LogP contribution is 2.25. The number of likely N-dealkylation sites (tertiary alicyclic amines) is 1. The highest BCUT2D eigenvalue weighted by Gasteiger charge is 2.23. The van der Waals surface area contributed by atoms with Gasteiger partial charge in [-0.15, -0.1) is 0 Å². The second-order valence-corrected chi connectivity index (χ2v) is 6.29. The number of nitrogens with one attached hydrogen (secondary N) is 1. The molecule has 1 atom stereocenters. The van der Waals surface area contributed by atoms with Gasteiger partial charge < -0.3 is 4.98 Å². The molecule has 4 rings (SSSR count). The minimum absolute atomic E-state index is 0.754. The molecule has 22 heavy (non-hydrogen) atoms. The number of rotatable bonds is 4. The third-order valence-corrected chi connectivity index (χ3v) is 4.68. The molecule has 2 aromatic heterocycles. The van der Waals surface area contributed by atoms with Crippen LogP contribution in [0, 0.1) is 5.92 Å². The van der Waals surface area contributed by atoms with E-state index in [4.69, 9.17) is 0 Å². The first kappa shape index (κ1) is 13.5. The number of benzene rings is 1. The number of hydrogen-bond acceptors (Lipinski definition) is 2. The first-order valence-electron chi connectivity index (χ1n) is 8.06. The summed E-state index contributed by atoms with van der Waals surface area (Å²) in [6.07, 6.45) is 6.35. The minimum Gasteiger partial charge on any atom is -0.346 e. The molecule has 1 unspecified atom stereocenters. The predicted molar refractivity (Wildman–Crippen MR) is 89.6 cm³/mol. The maximum Gasteiger partial charge on any atom is 0.137 e. The summed E-state index contributed by atoms with van der Waals surface area (Å²) in [6.45, 7) is 3.48. The van der Waals surface area contributed by atoms with E-state index in [1.54, 1.807) is 0 Å². The first-order chi connectivity index (χ1) is 10.9. The van der Waals surface area contributed by atoms with Crippen molar-refractivity contribution in [3.05, 3.63) is 66.0 Å². The Morgan fingerprint density at radius 2 is 2.05 bits per heavy atom. The fourth-order valence-electron chi connectivity index (χ4n) is 3.57. The Morgan fingerprint density at radius 1 is 1.14 bits per heavy atom. The lowest BCUT2D eigenvalue weighted by molar-refractivity contribution is 0.316. The number of hydrogen-bond donors (Lipinski definition) is 1. The average Bonchev–Trinajstić information content (AvgIpc) is 3.18. The second kappa shape index (κ2) is 5.93. The van der Waals surface area contributed by atoms with E-state index in [0.29, 0.717) is 0 Å². The van der Waals surface area contributed by atoms with E-state index in [1.807, 2.05) is 12.4 Å². The number of aromatic amines is 1. The monoisotopic (exact) mass is 291 g/mol. The zero-order valence-corrected chi connectivity index (χ0v) is 12.7. The third-order valence-electron chi connectivity index (χ3n) is 4.68. The van der Waals surface area contributed by atoms with Crippen LogP contribution >= 0.6 is 0 Å². The van der Waals surface area contributed by atoms with E-state index in [1.165, 1.54) is 36.0 Å². The van der Waals surface area contributed by atoms with Crippen molar-refractivity contribution in [1.82, 2.24) is 14.9 Å². The van der Waals surface area contributed by atoms with Gasteiger partial charge in [-0.3, -0.25) is 4.90 Å². The molecule has 112 valence electrons. The maximum absolute atomic E-state index is 4.38. The van der Waals surface area contributed by atoms with Gasteiger partial charge in [-0.05, 0) is 48.6 Å². The summed E-state index contributed by atoms with van der Waals surface area (Å²) >= 11 is 0. The molecule has 1 aromatic carbocycles. The van der Waals surface area contributed by atoms with E-state index in [9.17, 15) is 0 Å². The van der Waals surface area contributed by atoms with Crippen molar-refractivity contribution in [1.29, 1.82) is 0 Å². The van der Waals surface area contributed by atoms with E-state index >= 15 is 0 Å². The number of nitrogens with zero attached hydrogens (tertiary/aromatic N) is 2. The van der Waals surface area contributed by atoms with Gasteiger partial charge in [0.05, 0.1) is 0 Å². The van der Waals surface area contributed by atoms with Gasteiger partial charge in [-0.25, -0.2) is 4.98 Å². The van der Waals surface area contributed by atoms with Crippen LogP contribution in [0.1, 0.15) is 17.5 Å². The molecule has 0 amide bonds. The van der Waals surface area contributed by atoms with Crippen LogP contribution in [0.25, 0.3) is 11.0 Å². The summed E-state index contributed by atoms with van der Waals surface area (Å²) in [7, 11) is 0. The minimum atomic E-state index is 0.754. The maximum atomic E-state index is 4.38. The molecule has 0 saturated carbocycles. The standard InChI is InChI=1S/C19H21N3/c1-2-4-15(5-3-1)13-22-11-8-16(14-22)12-17-6-9-20-19-18(17)7-10-21-19/h1-7,9-10,16H,8,11-14H2,(H,20,21). The number of H-pyrrole nitrogens is 1. The normalized spacial score (nSPS) is 19.0. The molecule has 0 radical (unpaired) electrons. The topological polar surface area (TPSA) is 31.9 Å². The van der Waals surface area contributed by atoms with Gasteiger partial charge in [0.2, 0.25) is 0 Å². The fraction of sp³-hybridized carbons (Fsp3) is 0.316. The van der Waals surface area contributed by atoms with Gasteiger partial charge in [0.15, 0.2) is 0 Å². The summed E-state index contributed by atoms with van der Waals surface area (Å²) in [5.74, 6) is 0.754. The van der Waals surface area contributed by atoms with Crippen molar-refractivity contribution in [2.24, 2.45) is 5.92 Å². The van der Waals surface area contributed by atoms with Crippen LogP contribution < -0.4 is 0 Å². The molecule has 1 aliphatic rings. The van der Waals surface area contributed by atoms with E-state index in [0.717, 1.165) is 24.5 Å². The van der Waals surface area contributed by atoms with Gasteiger partial charge in [0, 0.05) is 30.9 Å². The molecular formula is C19H21N3. The Balaban J connectivity index is 1.42. The van der Waals surface area contributed by atoms with Gasteiger partial charge >= 0.3 is 0 Å².